The normalized spacial score (nSPS) is 26.7. The van der Waals surface area contributed by atoms with Gasteiger partial charge in [0.1, 0.15) is 0 Å². The first-order valence-electron chi connectivity index (χ1n) is 8.89. The number of halogens is 1. The summed E-state index contributed by atoms with van der Waals surface area (Å²) in [5.41, 5.74) is -0.157. The van der Waals surface area contributed by atoms with Crippen LogP contribution in [0.25, 0.3) is 0 Å². The Morgan fingerprint density at radius 1 is 1.44 bits per heavy atom. The summed E-state index contributed by atoms with van der Waals surface area (Å²) in [6, 6.07) is 2.00. The second kappa shape index (κ2) is 7.50. The fraction of sp³-hybridized carbons (Fsp3) is 0.579. The van der Waals surface area contributed by atoms with Crippen molar-refractivity contribution in [2.45, 2.75) is 44.6 Å². The number of piperidine rings is 1. The molecular formula is C19H25ClN2O2S. The lowest BCUT2D eigenvalue weighted by Crippen LogP contribution is -2.52. The molecule has 3 heterocycles. The largest absolute Gasteiger partial charge is 0.338 e. The van der Waals surface area contributed by atoms with Crippen molar-refractivity contribution >= 4 is 34.8 Å². The third-order valence-corrected chi connectivity index (χ3v) is 6.73. The van der Waals surface area contributed by atoms with Crippen LogP contribution in [-0.2, 0) is 16.0 Å². The third-order valence-electron chi connectivity index (χ3n) is 5.45. The highest BCUT2D eigenvalue weighted by molar-refractivity contribution is 7.10. The number of carbonyl (C=O) groups is 2. The van der Waals surface area contributed by atoms with E-state index in [1.54, 1.807) is 16.2 Å². The average molecular weight is 381 g/mol. The monoisotopic (exact) mass is 380 g/mol. The number of rotatable bonds is 4. The number of carbonyl (C=O) groups excluding carboxylic acids is 2. The second-order valence-electron chi connectivity index (χ2n) is 7.33. The van der Waals surface area contributed by atoms with Gasteiger partial charge in [-0.2, -0.15) is 0 Å². The van der Waals surface area contributed by atoms with Crippen molar-refractivity contribution in [2.24, 2.45) is 5.92 Å². The summed E-state index contributed by atoms with van der Waals surface area (Å²) in [4.78, 5) is 30.1. The van der Waals surface area contributed by atoms with Gasteiger partial charge in [0.25, 0.3) is 0 Å². The van der Waals surface area contributed by atoms with E-state index in [2.05, 4.69) is 18.4 Å². The minimum absolute atomic E-state index is 0.0742. The Labute approximate surface area is 158 Å². The number of hydrogen-bond acceptors (Lipinski definition) is 3. The van der Waals surface area contributed by atoms with Crippen LogP contribution in [0.2, 0.25) is 5.02 Å². The summed E-state index contributed by atoms with van der Waals surface area (Å²) in [6.45, 7) is 7.78. The fourth-order valence-corrected chi connectivity index (χ4v) is 5.38. The highest BCUT2D eigenvalue weighted by Gasteiger charge is 2.42. The van der Waals surface area contributed by atoms with E-state index in [1.807, 2.05) is 11.4 Å². The van der Waals surface area contributed by atoms with Gasteiger partial charge in [-0.05, 0) is 44.7 Å². The van der Waals surface area contributed by atoms with E-state index in [1.165, 1.54) is 11.0 Å². The lowest BCUT2D eigenvalue weighted by molar-refractivity contribution is -0.142. The molecule has 6 heteroatoms. The number of nitrogens with zero attached hydrogens (tertiary/aromatic N) is 2. The molecule has 2 unspecified atom stereocenters. The second-order valence-corrected chi connectivity index (χ2v) is 8.76. The Balaban J connectivity index is 1.71. The van der Waals surface area contributed by atoms with E-state index in [4.69, 9.17) is 11.6 Å². The Kier molecular flexibility index (Phi) is 5.54. The molecule has 0 spiro atoms. The molecule has 2 aliphatic rings. The van der Waals surface area contributed by atoms with E-state index in [-0.39, 0.29) is 23.3 Å². The highest BCUT2D eigenvalue weighted by atomic mass is 35.5. The van der Waals surface area contributed by atoms with E-state index in [9.17, 15) is 9.59 Å². The van der Waals surface area contributed by atoms with Crippen molar-refractivity contribution in [3.05, 3.63) is 34.0 Å². The minimum atomic E-state index is -0.157. The maximum Gasteiger partial charge on any atom is 0.245 e. The van der Waals surface area contributed by atoms with Crippen LogP contribution in [0.4, 0.5) is 0 Å². The van der Waals surface area contributed by atoms with Crippen molar-refractivity contribution in [2.75, 3.05) is 19.6 Å². The van der Waals surface area contributed by atoms with Gasteiger partial charge in [0, 0.05) is 41.9 Å². The molecule has 1 aromatic heterocycles. The number of hydrogen-bond donors (Lipinski definition) is 0. The summed E-state index contributed by atoms with van der Waals surface area (Å²) in [5, 5.41) is 2.71. The summed E-state index contributed by atoms with van der Waals surface area (Å²) in [6.07, 6.45) is 5.96. The van der Waals surface area contributed by atoms with Crippen LogP contribution < -0.4 is 0 Å². The third kappa shape index (κ3) is 3.93. The molecule has 0 aliphatic carbocycles. The van der Waals surface area contributed by atoms with Gasteiger partial charge in [-0.25, -0.2) is 0 Å². The van der Waals surface area contributed by atoms with Crippen LogP contribution in [0.1, 0.15) is 37.5 Å². The van der Waals surface area contributed by atoms with Crippen LogP contribution in [0.15, 0.2) is 24.1 Å². The van der Waals surface area contributed by atoms with Crippen molar-refractivity contribution < 1.29 is 9.59 Å². The van der Waals surface area contributed by atoms with Gasteiger partial charge in [-0.3, -0.25) is 9.59 Å². The molecule has 3 rings (SSSR count). The van der Waals surface area contributed by atoms with Gasteiger partial charge in [-0.15, -0.1) is 11.3 Å². The van der Waals surface area contributed by atoms with E-state index in [0.717, 1.165) is 50.2 Å². The topological polar surface area (TPSA) is 40.6 Å². The van der Waals surface area contributed by atoms with Crippen LogP contribution in [-0.4, -0.2) is 46.8 Å². The number of thiophene rings is 1. The predicted molar refractivity (Wildman–Crippen MR) is 102 cm³/mol. The zero-order chi connectivity index (χ0) is 18.0. The molecule has 4 nitrogen and oxygen atoms in total. The lowest BCUT2D eigenvalue weighted by atomic mass is 9.90. The van der Waals surface area contributed by atoms with Crippen LogP contribution in [0, 0.1) is 5.92 Å². The van der Waals surface area contributed by atoms with Crippen molar-refractivity contribution in [1.82, 2.24) is 9.80 Å². The van der Waals surface area contributed by atoms with Gasteiger partial charge in [0.2, 0.25) is 11.8 Å². The van der Waals surface area contributed by atoms with Crippen LogP contribution in [0.3, 0.4) is 0 Å². The van der Waals surface area contributed by atoms with E-state index in [0.29, 0.717) is 6.54 Å². The first-order valence-corrected chi connectivity index (χ1v) is 10.1. The van der Waals surface area contributed by atoms with Gasteiger partial charge in [-0.1, -0.05) is 18.2 Å². The molecule has 0 bridgehead atoms. The smallest absolute Gasteiger partial charge is 0.245 e. The molecule has 0 aromatic carbocycles. The molecule has 2 amide bonds. The summed E-state index contributed by atoms with van der Waals surface area (Å²) in [5.74, 6) is 0.0288. The summed E-state index contributed by atoms with van der Waals surface area (Å²) < 4.78 is 0. The molecule has 2 aliphatic heterocycles. The minimum Gasteiger partial charge on any atom is -0.338 e. The van der Waals surface area contributed by atoms with Crippen molar-refractivity contribution in [3.8, 4) is 0 Å². The maximum absolute atomic E-state index is 13.2. The predicted octanol–water partition coefficient (Wildman–Crippen LogP) is 3.75. The Morgan fingerprint density at radius 2 is 2.24 bits per heavy atom. The molecule has 1 aromatic rings. The zero-order valence-electron chi connectivity index (χ0n) is 14.7. The molecule has 2 atom stereocenters. The van der Waals surface area contributed by atoms with Gasteiger partial charge in [0.05, 0.1) is 10.9 Å². The standard InChI is InChI=1S/C19H25ClN2O2S/c1-3-17(23)21-8-4-6-14(12-21)18(24)22-9-5-7-19(22,2)11-16-10-15(20)13-25-16/h3,10,13-14H,1,4-9,11-12H2,2H3. The quantitative estimate of drug-likeness (QED) is 0.746. The zero-order valence-corrected chi connectivity index (χ0v) is 16.2. The van der Waals surface area contributed by atoms with Crippen molar-refractivity contribution in [3.63, 3.8) is 0 Å². The first kappa shape index (κ1) is 18.5. The van der Waals surface area contributed by atoms with E-state index >= 15 is 0 Å². The van der Waals surface area contributed by atoms with Crippen LogP contribution >= 0.6 is 22.9 Å². The Bertz CT molecular complexity index is 674. The molecule has 2 fully saturated rings. The molecule has 0 N–H and O–H groups in total. The average Bonchev–Trinajstić information content (AvgIpc) is 3.19. The molecule has 2 saturated heterocycles. The SMILES string of the molecule is C=CC(=O)N1CCCC(C(=O)N2CCCC2(C)Cc2cc(Cl)cs2)C1. The fourth-order valence-electron chi connectivity index (χ4n) is 4.13. The number of likely N-dealkylation sites (tertiary alicyclic amines) is 2. The Hall–Kier alpha value is -1.33. The number of amides is 2. The van der Waals surface area contributed by atoms with Gasteiger partial charge >= 0.3 is 0 Å². The van der Waals surface area contributed by atoms with Gasteiger partial charge < -0.3 is 9.80 Å². The molecule has 25 heavy (non-hydrogen) atoms. The molecular weight excluding hydrogens is 356 g/mol. The lowest BCUT2D eigenvalue weighted by Gasteiger charge is -2.40. The molecule has 0 saturated carbocycles. The maximum atomic E-state index is 13.2. The Morgan fingerprint density at radius 3 is 2.92 bits per heavy atom. The van der Waals surface area contributed by atoms with Crippen molar-refractivity contribution in [1.29, 1.82) is 0 Å². The highest BCUT2D eigenvalue weighted by Crippen LogP contribution is 2.36. The molecule has 0 radical (unpaired) electrons. The summed E-state index contributed by atoms with van der Waals surface area (Å²) in [7, 11) is 0. The van der Waals surface area contributed by atoms with E-state index < -0.39 is 0 Å². The first-order chi connectivity index (χ1) is 11.9. The summed E-state index contributed by atoms with van der Waals surface area (Å²) >= 11 is 7.71. The van der Waals surface area contributed by atoms with Gasteiger partial charge in [0.15, 0.2) is 0 Å². The van der Waals surface area contributed by atoms with Crippen LogP contribution in [0.5, 0.6) is 0 Å². The molecule has 136 valence electrons.